The number of nitrogens with zero attached hydrogens (tertiary/aromatic N) is 4. The second-order valence-corrected chi connectivity index (χ2v) is 7.19. The second-order valence-electron chi connectivity index (χ2n) is 7.19. The molecule has 0 saturated heterocycles. The van der Waals surface area contributed by atoms with Crippen LogP contribution < -0.4 is 4.90 Å². The Labute approximate surface area is 184 Å². The molecule has 0 spiro atoms. The molecule has 0 atom stereocenters. The monoisotopic (exact) mass is 446 g/mol. The number of urea groups is 1. The highest BCUT2D eigenvalue weighted by Crippen LogP contribution is 2.26. The van der Waals surface area contributed by atoms with Gasteiger partial charge in [0.05, 0.1) is 6.54 Å². The molecule has 0 fully saturated rings. The first-order valence-corrected chi connectivity index (χ1v) is 10.5. The Kier molecular flexibility index (Phi) is 7.86. The molecule has 2 aromatic carbocycles. The average molecular weight is 446 g/mol. The Balaban J connectivity index is 1.87. The highest BCUT2D eigenvalue weighted by atomic mass is 19.3. The lowest BCUT2D eigenvalue weighted by Crippen LogP contribution is -2.43. The van der Waals surface area contributed by atoms with Gasteiger partial charge in [0.1, 0.15) is 5.82 Å². The number of anilines is 1. The van der Waals surface area contributed by atoms with Crippen molar-refractivity contribution in [2.45, 2.75) is 39.7 Å². The maximum absolute atomic E-state index is 14.9. The summed E-state index contributed by atoms with van der Waals surface area (Å²) < 4.78 is 45.2. The SMILES string of the molecule is CCCCN(CC)C(=O)N(Cc1ccc(-c2nnc(C(F)F)o2)cc1F)c1ccccc1. The average Bonchev–Trinajstić information content (AvgIpc) is 3.30. The summed E-state index contributed by atoms with van der Waals surface area (Å²) in [5, 5.41) is 6.80. The number of rotatable bonds is 9. The van der Waals surface area contributed by atoms with Crippen LogP contribution in [0, 0.1) is 5.82 Å². The van der Waals surface area contributed by atoms with E-state index in [1.165, 1.54) is 17.0 Å². The predicted octanol–water partition coefficient (Wildman–Crippen LogP) is 6.06. The van der Waals surface area contributed by atoms with Crippen LogP contribution in [-0.4, -0.2) is 34.2 Å². The third-order valence-electron chi connectivity index (χ3n) is 4.99. The van der Waals surface area contributed by atoms with Gasteiger partial charge in [0.25, 0.3) is 5.89 Å². The lowest BCUT2D eigenvalue weighted by atomic mass is 10.1. The highest BCUT2D eigenvalue weighted by Gasteiger charge is 2.23. The zero-order valence-corrected chi connectivity index (χ0v) is 18.0. The fourth-order valence-corrected chi connectivity index (χ4v) is 3.20. The number of halogens is 3. The molecule has 32 heavy (non-hydrogen) atoms. The number of hydrogen-bond donors (Lipinski definition) is 0. The van der Waals surface area contributed by atoms with Gasteiger partial charge in [-0.3, -0.25) is 4.90 Å². The summed E-state index contributed by atoms with van der Waals surface area (Å²) in [5.74, 6) is -1.62. The van der Waals surface area contributed by atoms with Gasteiger partial charge >= 0.3 is 12.5 Å². The quantitative estimate of drug-likeness (QED) is 0.401. The molecule has 1 heterocycles. The maximum atomic E-state index is 14.9. The number of para-hydroxylation sites is 1. The molecule has 6 nitrogen and oxygen atoms in total. The normalized spacial score (nSPS) is 11.1. The summed E-state index contributed by atoms with van der Waals surface area (Å²) in [6.07, 6.45) is -1.08. The first-order chi connectivity index (χ1) is 15.4. The Hall–Kier alpha value is -3.36. The minimum atomic E-state index is -2.90. The third-order valence-corrected chi connectivity index (χ3v) is 4.99. The lowest BCUT2D eigenvalue weighted by Gasteiger charge is -2.30. The first kappa shape index (κ1) is 23.3. The zero-order valence-electron chi connectivity index (χ0n) is 18.0. The molecular weight excluding hydrogens is 421 g/mol. The van der Waals surface area contributed by atoms with Crippen LogP contribution in [0.2, 0.25) is 0 Å². The summed E-state index contributed by atoms with van der Waals surface area (Å²) in [6.45, 7) is 5.11. The lowest BCUT2D eigenvalue weighted by molar-refractivity contribution is 0.116. The molecule has 9 heteroatoms. The van der Waals surface area contributed by atoms with E-state index in [2.05, 4.69) is 17.1 Å². The van der Waals surface area contributed by atoms with Gasteiger partial charge < -0.3 is 9.32 Å². The predicted molar refractivity (Wildman–Crippen MR) is 115 cm³/mol. The van der Waals surface area contributed by atoms with Crippen molar-refractivity contribution in [1.29, 1.82) is 0 Å². The number of amides is 2. The number of carbonyl (C=O) groups is 1. The Bertz CT molecular complexity index is 1030. The molecular formula is C23H25F3N4O2. The number of hydrogen-bond acceptors (Lipinski definition) is 4. The van der Waals surface area contributed by atoms with Gasteiger partial charge in [-0.05, 0) is 37.6 Å². The molecule has 0 saturated carbocycles. The van der Waals surface area contributed by atoms with Crippen molar-refractivity contribution in [1.82, 2.24) is 15.1 Å². The Morgan fingerprint density at radius 3 is 2.44 bits per heavy atom. The van der Waals surface area contributed by atoms with Crippen LogP contribution in [0.4, 0.5) is 23.7 Å². The molecule has 0 N–H and O–H groups in total. The minimum Gasteiger partial charge on any atom is -0.415 e. The topological polar surface area (TPSA) is 62.5 Å². The van der Waals surface area contributed by atoms with E-state index in [0.717, 1.165) is 18.9 Å². The van der Waals surface area contributed by atoms with Gasteiger partial charge in [0.2, 0.25) is 5.89 Å². The van der Waals surface area contributed by atoms with Crippen molar-refractivity contribution >= 4 is 11.7 Å². The smallest absolute Gasteiger partial charge is 0.324 e. The van der Waals surface area contributed by atoms with Crippen LogP contribution in [0.3, 0.4) is 0 Å². The van der Waals surface area contributed by atoms with Crippen LogP contribution in [0.5, 0.6) is 0 Å². The standard InChI is InChI=1S/C23H25F3N4O2/c1-3-5-13-29(4-2)23(31)30(18-9-7-6-8-10-18)15-17-12-11-16(14-19(17)24)21-27-28-22(32-21)20(25)26/h6-12,14,20H,3-5,13,15H2,1-2H3. The number of unbranched alkanes of at least 4 members (excludes halogenated alkanes) is 1. The molecule has 2 amide bonds. The minimum absolute atomic E-state index is 0.00367. The van der Waals surface area contributed by atoms with Gasteiger partial charge in [0, 0.05) is 29.9 Å². The summed E-state index contributed by atoms with van der Waals surface area (Å²) in [4.78, 5) is 16.5. The highest BCUT2D eigenvalue weighted by molar-refractivity contribution is 5.92. The number of carbonyl (C=O) groups excluding carboxylic acids is 1. The van der Waals surface area contributed by atoms with E-state index >= 15 is 0 Å². The van der Waals surface area contributed by atoms with Crippen LogP contribution in [-0.2, 0) is 6.54 Å². The summed E-state index contributed by atoms with van der Waals surface area (Å²) in [5.41, 5.74) is 1.10. The fraction of sp³-hybridized carbons (Fsp3) is 0.348. The maximum Gasteiger partial charge on any atom is 0.324 e. The van der Waals surface area contributed by atoms with Crippen LogP contribution in [0.25, 0.3) is 11.5 Å². The van der Waals surface area contributed by atoms with E-state index < -0.39 is 18.1 Å². The molecule has 0 bridgehead atoms. The van der Waals surface area contributed by atoms with Gasteiger partial charge in [-0.15, -0.1) is 10.2 Å². The fourth-order valence-electron chi connectivity index (χ4n) is 3.20. The Morgan fingerprint density at radius 1 is 1.09 bits per heavy atom. The van der Waals surface area contributed by atoms with Gasteiger partial charge in [0.15, 0.2) is 0 Å². The van der Waals surface area contributed by atoms with Crippen molar-refractivity contribution in [3.8, 4) is 11.5 Å². The Morgan fingerprint density at radius 2 is 1.84 bits per heavy atom. The van der Waals surface area contributed by atoms with Crippen molar-refractivity contribution in [2.75, 3.05) is 18.0 Å². The third kappa shape index (κ3) is 5.46. The van der Waals surface area contributed by atoms with Crippen LogP contribution in [0.1, 0.15) is 44.6 Å². The van der Waals surface area contributed by atoms with E-state index in [1.807, 2.05) is 25.1 Å². The van der Waals surface area contributed by atoms with Gasteiger partial charge in [-0.1, -0.05) is 37.6 Å². The van der Waals surface area contributed by atoms with E-state index in [1.54, 1.807) is 17.0 Å². The molecule has 0 aliphatic carbocycles. The molecule has 170 valence electrons. The largest absolute Gasteiger partial charge is 0.415 e. The van der Waals surface area contributed by atoms with Gasteiger partial charge in [-0.2, -0.15) is 8.78 Å². The summed E-state index contributed by atoms with van der Waals surface area (Å²) in [6, 6.07) is 13.0. The molecule has 3 aromatic rings. The molecule has 3 rings (SSSR count). The molecule has 0 unspecified atom stereocenters. The van der Waals surface area contributed by atoms with Crippen molar-refractivity contribution < 1.29 is 22.4 Å². The second kappa shape index (κ2) is 10.8. The van der Waals surface area contributed by atoms with Crippen molar-refractivity contribution in [3.63, 3.8) is 0 Å². The zero-order chi connectivity index (χ0) is 23.1. The van der Waals surface area contributed by atoms with E-state index in [4.69, 9.17) is 4.42 Å². The van der Waals surface area contributed by atoms with E-state index in [-0.39, 0.29) is 29.6 Å². The van der Waals surface area contributed by atoms with E-state index in [0.29, 0.717) is 18.8 Å². The summed E-state index contributed by atoms with van der Waals surface area (Å²) >= 11 is 0. The van der Waals surface area contributed by atoms with Crippen molar-refractivity contribution in [3.05, 3.63) is 65.8 Å². The van der Waals surface area contributed by atoms with Crippen molar-refractivity contribution in [2.24, 2.45) is 0 Å². The van der Waals surface area contributed by atoms with Gasteiger partial charge in [-0.25, -0.2) is 9.18 Å². The number of alkyl halides is 2. The first-order valence-electron chi connectivity index (χ1n) is 10.5. The molecule has 0 aliphatic heterocycles. The molecule has 0 radical (unpaired) electrons. The number of benzene rings is 2. The molecule has 1 aromatic heterocycles. The molecule has 0 aliphatic rings. The number of aromatic nitrogens is 2. The van der Waals surface area contributed by atoms with Crippen LogP contribution >= 0.6 is 0 Å². The van der Waals surface area contributed by atoms with Crippen LogP contribution in [0.15, 0.2) is 52.9 Å². The van der Waals surface area contributed by atoms with E-state index in [9.17, 15) is 18.0 Å². The summed E-state index contributed by atoms with van der Waals surface area (Å²) in [7, 11) is 0.